The predicted molar refractivity (Wildman–Crippen MR) is 77.9 cm³/mol. The number of hydrogen-bond acceptors (Lipinski definition) is 3. The third-order valence-electron chi connectivity index (χ3n) is 3.10. The van der Waals surface area contributed by atoms with Gasteiger partial charge in [0.05, 0.1) is 6.10 Å². The number of ketones is 1. The molecule has 2 rings (SSSR count). The summed E-state index contributed by atoms with van der Waals surface area (Å²) in [5.74, 6) is 0.579. The van der Waals surface area contributed by atoms with Crippen molar-refractivity contribution in [3.63, 3.8) is 0 Å². The Morgan fingerprint density at radius 1 is 1.20 bits per heavy atom. The van der Waals surface area contributed by atoms with E-state index in [1.807, 2.05) is 30.3 Å². The maximum Gasteiger partial charge on any atom is 0.159 e. The molecular weight excluding hydrogens is 252 g/mol. The van der Waals surface area contributed by atoms with E-state index in [-0.39, 0.29) is 5.78 Å². The maximum atomic E-state index is 11.4. The van der Waals surface area contributed by atoms with Gasteiger partial charge in [0.15, 0.2) is 5.78 Å². The van der Waals surface area contributed by atoms with E-state index in [1.54, 1.807) is 25.1 Å². The standard InChI is InChI=1S/C17H18O3/c1-12(18)15-8-9-17(16(10-15)13(2)19)20-11-14-6-4-3-5-7-14/h3-10,13,19H,11H2,1-2H3/t13-/m0/s1. The van der Waals surface area contributed by atoms with Crippen LogP contribution in [0.25, 0.3) is 0 Å². The molecular formula is C17H18O3. The maximum absolute atomic E-state index is 11.4. The minimum absolute atomic E-state index is 0.0264. The van der Waals surface area contributed by atoms with Crippen molar-refractivity contribution in [3.8, 4) is 5.75 Å². The van der Waals surface area contributed by atoms with Crippen molar-refractivity contribution < 1.29 is 14.6 Å². The van der Waals surface area contributed by atoms with Crippen molar-refractivity contribution in [3.05, 3.63) is 65.2 Å². The number of carbonyl (C=O) groups is 1. The molecule has 0 saturated heterocycles. The zero-order valence-electron chi connectivity index (χ0n) is 11.7. The quantitative estimate of drug-likeness (QED) is 0.845. The monoisotopic (exact) mass is 270 g/mol. The molecule has 0 aromatic heterocycles. The van der Waals surface area contributed by atoms with Gasteiger partial charge in [0.25, 0.3) is 0 Å². The molecule has 1 atom stereocenters. The number of rotatable bonds is 5. The van der Waals surface area contributed by atoms with E-state index in [0.717, 1.165) is 5.56 Å². The lowest BCUT2D eigenvalue weighted by molar-refractivity contribution is 0.101. The highest BCUT2D eigenvalue weighted by Gasteiger charge is 2.12. The van der Waals surface area contributed by atoms with Crippen LogP contribution in [0.15, 0.2) is 48.5 Å². The summed E-state index contributed by atoms with van der Waals surface area (Å²) in [6.45, 7) is 3.60. The number of ether oxygens (including phenoxy) is 1. The first-order valence-electron chi connectivity index (χ1n) is 6.57. The number of carbonyl (C=O) groups excluding carboxylic acids is 1. The summed E-state index contributed by atoms with van der Waals surface area (Å²) in [5, 5.41) is 9.82. The number of Topliss-reactive ketones (excluding diaryl/α,β-unsaturated/α-hetero) is 1. The number of aliphatic hydroxyl groups is 1. The van der Waals surface area contributed by atoms with Crippen LogP contribution in [0.1, 0.15) is 41.4 Å². The molecule has 0 aliphatic carbocycles. The van der Waals surface area contributed by atoms with E-state index in [1.165, 1.54) is 6.92 Å². The van der Waals surface area contributed by atoms with E-state index in [0.29, 0.717) is 23.5 Å². The summed E-state index contributed by atoms with van der Waals surface area (Å²) < 4.78 is 5.75. The molecule has 3 nitrogen and oxygen atoms in total. The van der Waals surface area contributed by atoms with Crippen molar-refractivity contribution in [1.29, 1.82) is 0 Å². The van der Waals surface area contributed by atoms with Crippen LogP contribution < -0.4 is 4.74 Å². The van der Waals surface area contributed by atoms with Crippen molar-refractivity contribution >= 4 is 5.78 Å². The first-order chi connectivity index (χ1) is 9.58. The van der Waals surface area contributed by atoms with E-state index in [2.05, 4.69) is 0 Å². The molecule has 1 N–H and O–H groups in total. The van der Waals surface area contributed by atoms with Crippen LogP contribution in [0, 0.1) is 0 Å². The molecule has 0 spiro atoms. The highest BCUT2D eigenvalue weighted by atomic mass is 16.5. The summed E-state index contributed by atoms with van der Waals surface area (Å²) in [5.41, 5.74) is 2.27. The van der Waals surface area contributed by atoms with Crippen LogP contribution in [0.3, 0.4) is 0 Å². The summed E-state index contributed by atoms with van der Waals surface area (Å²) in [7, 11) is 0. The topological polar surface area (TPSA) is 46.5 Å². The largest absolute Gasteiger partial charge is 0.489 e. The van der Waals surface area contributed by atoms with Gasteiger partial charge in [0, 0.05) is 11.1 Å². The minimum atomic E-state index is -0.680. The molecule has 2 aromatic carbocycles. The summed E-state index contributed by atoms with van der Waals surface area (Å²) >= 11 is 0. The first kappa shape index (κ1) is 14.3. The molecule has 2 aromatic rings. The highest BCUT2D eigenvalue weighted by Crippen LogP contribution is 2.27. The predicted octanol–water partition coefficient (Wildman–Crippen LogP) is 3.52. The Morgan fingerprint density at radius 3 is 2.50 bits per heavy atom. The second-order valence-electron chi connectivity index (χ2n) is 4.76. The number of hydrogen-bond donors (Lipinski definition) is 1. The van der Waals surface area contributed by atoms with Crippen molar-refractivity contribution in [1.82, 2.24) is 0 Å². The molecule has 0 saturated carbocycles. The molecule has 0 aliphatic rings. The smallest absolute Gasteiger partial charge is 0.159 e. The average molecular weight is 270 g/mol. The van der Waals surface area contributed by atoms with E-state index in [9.17, 15) is 9.90 Å². The van der Waals surface area contributed by atoms with Crippen LogP contribution in [0.5, 0.6) is 5.75 Å². The Kier molecular flexibility index (Phi) is 4.53. The fourth-order valence-corrected chi connectivity index (χ4v) is 1.96. The first-order valence-corrected chi connectivity index (χ1v) is 6.57. The average Bonchev–Trinajstić information content (AvgIpc) is 2.45. The molecule has 0 radical (unpaired) electrons. The molecule has 0 heterocycles. The van der Waals surface area contributed by atoms with Crippen LogP contribution in [-0.4, -0.2) is 10.9 Å². The second-order valence-corrected chi connectivity index (χ2v) is 4.76. The number of benzene rings is 2. The summed E-state index contributed by atoms with van der Waals surface area (Å²) in [4.78, 5) is 11.4. The number of aliphatic hydroxyl groups excluding tert-OH is 1. The highest BCUT2D eigenvalue weighted by molar-refractivity contribution is 5.94. The lowest BCUT2D eigenvalue weighted by Gasteiger charge is -2.14. The molecule has 0 amide bonds. The Bertz CT molecular complexity index is 588. The van der Waals surface area contributed by atoms with Crippen LogP contribution in [-0.2, 0) is 6.61 Å². The van der Waals surface area contributed by atoms with E-state index in [4.69, 9.17) is 4.74 Å². The van der Waals surface area contributed by atoms with Crippen LogP contribution >= 0.6 is 0 Å². The van der Waals surface area contributed by atoms with Crippen LogP contribution in [0.2, 0.25) is 0 Å². The summed E-state index contributed by atoms with van der Waals surface area (Å²) in [6.07, 6.45) is -0.680. The Balaban J connectivity index is 2.20. The molecule has 104 valence electrons. The molecule has 20 heavy (non-hydrogen) atoms. The fraction of sp³-hybridized carbons (Fsp3) is 0.235. The Hall–Kier alpha value is -2.13. The third kappa shape index (κ3) is 3.45. The van der Waals surface area contributed by atoms with Gasteiger partial charge in [-0.15, -0.1) is 0 Å². The molecule has 0 aliphatic heterocycles. The molecule has 3 heteroatoms. The molecule has 0 unspecified atom stereocenters. The van der Waals surface area contributed by atoms with Crippen LogP contribution in [0.4, 0.5) is 0 Å². The third-order valence-corrected chi connectivity index (χ3v) is 3.10. The molecule has 0 bridgehead atoms. The van der Waals surface area contributed by atoms with Crippen molar-refractivity contribution in [2.75, 3.05) is 0 Å². The van der Waals surface area contributed by atoms with Gasteiger partial charge in [-0.3, -0.25) is 4.79 Å². The van der Waals surface area contributed by atoms with E-state index >= 15 is 0 Å². The molecule has 0 fully saturated rings. The fourth-order valence-electron chi connectivity index (χ4n) is 1.96. The van der Waals surface area contributed by atoms with Gasteiger partial charge >= 0.3 is 0 Å². The SMILES string of the molecule is CC(=O)c1ccc(OCc2ccccc2)c([C@H](C)O)c1. The van der Waals surface area contributed by atoms with Gasteiger partial charge in [0.1, 0.15) is 12.4 Å². The van der Waals surface area contributed by atoms with Gasteiger partial charge in [-0.25, -0.2) is 0 Å². The van der Waals surface area contributed by atoms with Crippen molar-refractivity contribution in [2.24, 2.45) is 0 Å². The Labute approximate surface area is 118 Å². The van der Waals surface area contributed by atoms with Gasteiger partial charge in [-0.2, -0.15) is 0 Å². The zero-order chi connectivity index (χ0) is 14.5. The lowest BCUT2D eigenvalue weighted by Crippen LogP contribution is -2.03. The van der Waals surface area contributed by atoms with Gasteiger partial charge in [-0.1, -0.05) is 30.3 Å². The summed E-state index contributed by atoms with van der Waals surface area (Å²) in [6, 6.07) is 15.0. The minimum Gasteiger partial charge on any atom is -0.489 e. The lowest BCUT2D eigenvalue weighted by atomic mass is 10.0. The van der Waals surface area contributed by atoms with Gasteiger partial charge < -0.3 is 9.84 Å². The van der Waals surface area contributed by atoms with Gasteiger partial charge in [-0.05, 0) is 37.6 Å². The van der Waals surface area contributed by atoms with Gasteiger partial charge in [0.2, 0.25) is 0 Å². The zero-order valence-corrected chi connectivity index (χ0v) is 11.7. The van der Waals surface area contributed by atoms with Crippen molar-refractivity contribution in [2.45, 2.75) is 26.6 Å². The Morgan fingerprint density at radius 2 is 1.90 bits per heavy atom. The van der Waals surface area contributed by atoms with E-state index < -0.39 is 6.10 Å². The second kappa shape index (κ2) is 6.35. The normalized spacial score (nSPS) is 11.9.